The van der Waals surface area contributed by atoms with Crippen molar-refractivity contribution in [2.45, 2.75) is 13.0 Å². The maximum atomic E-state index is 13.2. The third-order valence-electron chi connectivity index (χ3n) is 3.07. The minimum absolute atomic E-state index is 0.0784. The summed E-state index contributed by atoms with van der Waals surface area (Å²) < 4.78 is 13.2. The van der Waals surface area contributed by atoms with Gasteiger partial charge in [0.1, 0.15) is 5.82 Å². The lowest BCUT2D eigenvalue weighted by Gasteiger charge is -2.19. The monoisotopic (exact) mass is 283 g/mol. The van der Waals surface area contributed by atoms with Crippen LogP contribution in [0.2, 0.25) is 0 Å². The smallest absolute Gasteiger partial charge is 0.125 e. The van der Waals surface area contributed by atoms with Gasteiger partial charge in [-0.05, 0) is 35.9 Å². The molecule has 2 aromatic rings. The molecule has 2 nitrogen and oxygen atoms in total. The molecule has 1 N–H and O–H groups in total. The van der Waals surface area contributed by atoms with Crippen molar-refractivity contribution in [3.05, 3.63) is 65.5 Å². The molecule has 0 aliphatic carbocycles. The molecular weight excluding hydrogens is 265 g/mol. The lowest BCUT2D eigenvalue weighted by atomic mass is 10.1. The van der Waals surface area contributed by atoms with E-state index in [0.717, 1.165) is 16.8 Å². The number of benzene rings is 2. The first-order chi connectivity index (χ1) is 10.2. The number of aliphatic hydroxyl groups is 1. The normalized spacial score (nSPS) is 9.86. The highest BCUT2D eigenvalue weighted by Gasteiger charge is 2.03. The minimum atomic E-state index is -0.233. The molecule has 0 unspecified atom stereocenters. The number of nitrogens with zero attached hydrogens (tertiary/aromatic N) is 1. The molecule has 0 amide bonds. The summed E-state index contributed by atoms with van der Waals surface area (Å²) in [6.07, 6.45) is 0.480. The molecule has 0 heterocycles. The van der Waals surface area contributed by atoms with Crippen LogP contribution in [-0.4, -0.2) is 18.8 Å². The fourth-order valence-electron chi connectivity index (χ4n) is 2.05. The van der Waals surface area contributed by atoms with E-state index in [2.05, 4.69) is 11.8 Å². The van der Waals surface area contributed by atoms with Gasteiger partial charge in [0.25, 0.3) is 0 Å². The van der Waals surface area contributed by atoms with Crippen LogP contribution in [0.25, 0.3) is 0 Å². The molecule has 3 heteroatoms. The van der Waals surface area contributed by atoms with Crippen molar-refractivity contribution in [2.24, 2.45) is 0 Å². The van der Waals surface area contributed by atoms with Crippen molar-refractivity contribution < 1.29 is 9.50 Å². The largest absolute Gasteiger partial charge is 0.395 e. The van der Waals surface area contributed by atoms with Crippen molar-refractivity contribution in [3.63, 3.8) is 0 Å². The maximum absolute atomic E-state index is 13.2. The zero-order valence-corrected chi connectivity index (χ0v) is 12.0. The van der Waals surface area contributed by atoms with E-state index in [0.29, 0.717) is 13.0 Å². The molecule has 2 aromatic carbocycles. The van der Waals surface area contributed by atoms with Crippen LogP contribution in [0.5, 0.6) is 0 Å². The topological polar surface area (TPSA) is 23.5 Å². The predicted molar refractivity (Wildman–Crippen MR) is 83.5 cm³/mol. The van der Waals surface area contributed by atoms with Crippen LogP contribution >= 0.6 is 0 Å². The summed E-state index contributed by atoms with van der Waals surface area (Å²) in [5, 5.41) is 8.73. The van der Waals surface area contributed by atoms with E-state index >= 15 is 0 Å². The summed E-state index contributed by atoms with van der Waals surface area (Å²) in [4.78, 5) is 1.99. The van der Waals surface area contributed by atoms with Gasteiger partial charge < -0.3 is 10.0 Å². The van der Waals surface area contributed by atoms with Crippen molar-refractivity contribution in [3.8, 4) is 11.8 Å². The van der Waals surface area contributed by atoms with Gasteiger partial charge in [-0.25, -0.2) is 4.39 Å². The van der Waals surface area contributed by atoms with E-state index in [-0.39, 0.29) is 12.4 Å². The Kier molecular flexibility index (Phi) is 5.36. The maximum Gasteiger partial charge on any atom is 0.125 e. The molecule has 0 aliphatic rings. The van der Waals surface area contributed by atoms with Crippen molar-refractivity contribution in [2.75, 3.05) is 18.6 Å². The molecule has 0 saturated heterocycles. The van der Waals surface area contributed by atoms with Crippen molar-refractivity contribution in [1.29, 1.82) is 0 Å². The fraction of sp³-hybridized carbons (Fsp3) is 0.222. The summed E-state index contributed by atoms with van der Waals surface area (Å²) in [6.45, 7) is 0.758. The number of halogens is 1. The van der Waals surface area contributed by atoms with Crippen LogP contribution in [0, 0.1) is 17.7 Å². The Bertz CT molecular complexity index is 658. The number of hydrogen-bond acceptors (Lipinski definition) is 2. The standard InChI is InChI=1S/C18H18FNO/c1-20(18-10-5-9-17(19)13-18)14-16-8-4-7-15(12-16)6-2-3-11-21/h4-5,7-10,12-13,21H,3,11,14H2,1H3. The molecule has 0 fully saturated rings. The predicted octanol–water partition coefficient (Wildman–Crippen LogP) is 3.20. The second-order valence-electron chi connectivity index (χ2n) is 4.81. The average molecular weight is 283 g/mol. The molecule has 0 spiro atoms. The van der Waals surface area contributed by atoms with Gasteiger partial charge in [-0.15, -0.1) is 0 Å². The lowest BCUT2D eigenvalue weighted by molar-refractivity contribution is 0.305. The van der Waals surface area contributed by atoms with Gasteiger partial charge in [0.05, 0.1) is 6.61 Å². The van der Waals surface area contributed by atoms with E-state index in [1.165, 1.54) is 12.1 Å². The van der Waals surface area contributed by atoms with Gasteiger partial charge >= 0.3 is 0 Å². The number of aliphatic hydroxyl groups excluding tert-OH is 1. The van der Waals surface area contributed by atoms with Crippen LogP contribution in [0.1, 0.15) is 17.5 Å². The molecule has 0 bridgehead atoms. The number of hydrogen-bond donors (Lipinski definition) is 1. The summed E-state index contributed by atoms with van der Waals surface area (Å²) in [6, 6.07) is 14.5. The molecule has 0 radical (unpaired) electrons. The van der Waals surface area contributed by atoms with E-state index in [9.17, 15) is 4.39 Å². The fourth-order valence-corrected chi connectivity index (χ4v) is 2.05. The summed E-state index contributed by atoms with van der Waals surface area (Å²) in [5.41, 5.74) is 2.87. The summed E-state index contributed by atoms with van der Waals surface area (Å²) in [5.74, 6) is 5.69. The van der Waals surface area contributed by atoms with Crippen LogP contribution < -0.4 is 4.90 Å². The number of anilines is 1. The van der Waals surface area contributed by atoms with Gasteiger partial charge in [0, 0.05) is 31.3 Å². The molecule has 0 saturated carbocycles. The summed E-state index contributed by atoms with van der Waals surface area (Å²) >= 11 is 0. The lowest BCUT2D eigenvalue weighted by Crippen LogP contribution is -2.16. The molecule has 21 heavy (non-hydrogen) atoms. The zero-order chi connectivity index (χ0) is 15.1. The van der Waals surface area contributed by atoms with E-state index < -0.39 is 0 Å². The molecule has 0 atom stereocenters. The van der Waals surface area contributed by atoms with Gasteiger partial charge in [-0.1, -0.05) is 30.0 Å². The molecule has 0 aliphatic heterocycles. The van der Waals surface area contributed by atoms with Crippen LogP contribution in [0.4, 0.5) is 10.1 Å². The average Bonchev–Trinajstić information content (AvgIpc) is 2.48. The second-order valence-corrected chi connectivity index (χ2v) is 4.81. The quantitative estimate of drug-likeness (QED) is 0.871. The van der Waals surface area contributed by atoms with E-state index in [1.54, 1.807) is 6.07 Å². The Labute approximate surface area is 124 Å². The van der Waals surface area contributed by atoms with Crippen molar-refractivity contribution in [1.82, 2.24) is 0 Å². The van der Waals surface area contributed by atoms with Crippen molar-refractivity contribution >= 4 is 5.69 Å². The van der Waals surface area contributed by atoms with E-state index in [4.69, 9.17) is 5.11 Å². The van der Waals surface area contributed by atoms with Gasteiger partial charge in [-0.3, -0.25) is 0 Å². The Balaban J connectivity index is 2.09. The van der Waals surface area contributed by atoms with Crippen LogP contribution in [0.15, 0.2) is 48.5 Å². The minimum Gasteiger partial charge on any atom is -0.395 e. The zero-order valence-electron chi connectivity index (χ0n) is 12.0. The SMILES string of the molecule is CN(Cc1cccc(C#CCCO)c1)c1cccc(F)c1. The second kappa shape index (κ2) is 7.47. The molecular formula is C18H18FNO. The third-order valence-corrected chi connectivity index (χ3v) is 3.07. The number of rotatable bonds is 4. The summed E-state index contributed by atoms with van der Waals surface area (Å²) in [7, 11) is 1.93. The highest BCUT2D eigenvalue weighted by atomic mass is 19.1. The highest BCUT2D eigenvalue weighted by molar-refractivity contribution is 5.47. The van der Waals surface area contributed by atoms with Gasteiger partial charge in [0.2, 0.25) is 0 Å². The third kappa shape index (κ3) is 4.62. The van der Waals surface area contributed by atoms with E-state index in [1.807, 2.05) is 42.3 Å². The first kappa shape index (κ1) is 15.1. The molecule has 2 rings (SSSR count). The van der Waals surface area contributed by atoms with Crippen LogP contribution in [0.3, 0.4) is 0 Å². The Morgan fingerprint density at radius 3 is 2.71 bits per heavy atom. The molecule has 0 aromatic heterocycles. The van der Waals surface area contributed by atoms with Crippen LogP contribution in [-0.2, 0) is 6.54 Å². The Hall–Kier alpha value is -2.31. The Morgan fingerprint density at radius 2 is 1.95 bits per heavy atom. The Morgan fingerprint density at radius 1 is 1.14 bits per heavy atom. The highest BCUT2D eigenvalue weighted by Crippen LogP contribution is 2.17. The molecule has 108 valence electrons. The van der Waals surface area contributed by atoms with Gasteiger partial charge in [-0.2, -0.15) is 0 Å². The first-order valence-corrected chi connectivity index (χ1v) is 6.84. The first-order valence-electron chi connectivity index (χ1n) is 6.84. The van der Waals surface area contributed by atoms with Gasteiger partial charge in [0.15, 0.2) is 0 Å².